The molecule has 1 aromatic rings. The number of aliphatic hydroxyl groups excluding tert-OH is 1. The first-order valence-electron chi connectivity index (χ1n) is 9.73. The molecule has 6 heteroatoms. The van der Waals surface area contributed by atoms with Gasteiger partial charge >= 0.3 is 0 Å². The lowest BCUT2D eigenvalue weighted by molar-refractivity contribution is -0.129. The minimum atomic E-state index is -1.18. The molecule has 3 unspecified atom stereocenters. The van der Waals surface area contributed by atoms with Gasteiger partial charge in [0.25, 0.3) is 5.91 Å². The van der Waals surface area contributed by atoms with Gasteiger partial charge in [0, 0.05) is 7.05 Å². The van der Waals surface area contributed by atoms with Crippen LogP contribution in [0.4, 0.5) is 4.39 Å². The molecule has 28 heavy (non-hydrogen) atoms. The van der Waals surface area contributed by atoms with Gasteiger partial charge in [-0.3, -0.25) is 14.1 Å². The number of nitrogens with two attached hydrogens (primary N) is 1. The minimum absolute atomic E-state index is 0.00515. The van der Waals surface area contributed by atoms with E-state index in [1.54, 1.807) is 7.05 Å². The number of carbonyl (C=O) groups is 1. The highest BCUT2D eigenvalue weighted by Crippen LogP contribution is 2.59. The summed E-state index contributed by atoms with van der Waals surface area (Å²) in [5.41, 5.74) is 8.52. The third-order valence-corrected chi connectivity index (χ3v) is 6.18. The standard InChI is InChI=1S/C22H26FN3O2/c1-13(11-23)8-15-6-7-19(18-10-17(15)18)22(20(28)26(2)21(24)25-22)16-5-3-4-14(9-16)12-27/h3-7,9,13,17-18,27H,8,10-12H2,1-2H3,(H2,24,25)/t13-,17?,18?,22?/m1/s1. The summed E-state index contributed by atoms with van der Waals surface area (Å²) in [5, 5.41) is 9.56. The molecule has 4 atom stereocenters. The number of fused-ring (bicyclic) bond motifs is 1. The highest BCUT2D eigenvalue weighted by Gasteiger charge is 2.58. The van der Waals surface area contributed by atoms with Gasteiger partial charge in [-0.15, -0.1) is 0 Å². The second kappa shape index (κ2) is 6.85. The average Bonchev–Trinajstić information content (AvgIpc) is 3.48. The first-order valence-corrected chi connectivity index (χ1v) is 9.73. The monoisotopic (exact) mass is 383 g/mol. The quantitative estimate of drug-likeness (QED) is 0.793. The van der Waals surface area contributed by atoms with E-state index in [1.807, 2.05) is 43.3 Å². The Hall–Kier alpha value is -2.47. The van der Waals surface area contributed by atoms with Crippen molar-refractivity contribution in [2.75, 3.05) is 13.7 Å². The van der Waals surface area contributed by atoms with Crippen LogP contribution in [0.1, 0.15) is 30.9 Å². The Labute approximate surface area is 164 Å². The zero-order chi connectivity index (χ0) is 20.1. The van der Waals surface area contributed by atoms with Gasteiger partial charge in [-0.1, -0.05) is 48.9 Å². The molecule has 5 nitrogen and oxygen atoms in total. The number of aliphatic imine (C=N–C) groups is 1. The van der Waals surface area contributed by atoms with Gasteiger partial charge in [-0.05, 0) is 47.3 Å². The van der Waals surface area contributed by atoms with Crippen LogP contribution < -0.4 is 5.73 Å². The Morgan fingerprint density at radius 2 is 2.18 bits per heavy atom. The maximum absolute atomic E-state index is 13.4. The van der Waals surface area contributed by atoms with Gasteiger partial charge in [-0.2, -0.15) is 0 Å². The van der Waals surface area contributed by atoms with Crippen LogP contribution in [0.5, 0.6) is 0 Å². The number of amides is 1. The molecule has 0 bridgehead atoms. The van der Waals surface area contributed by atoms with E-state index in [0.717, 1.165) is 29.5 Å². The predicted octanol–water partition coefficient (Wildman–Crippen LogP) is 2.66. The number of carbonyl (C=O) groups excluding carboxylic acids is 1. The van der Waals surface area contributed by atoms with Gasteiger partial charge in [-0.25, -0.2) is 4.99 Å². The van der Waals surface area contributed by atoms with E-state index in [-0.39, 0.29) is 37.0 Å². The summed E-state index contributed by atoms with van der Waals surface area (Å²) >= 11 is 0. The third kappa shape index (κ3) is 2.78. The molecule has 1 aliphatic heterocycles. The van der Waals surface area contributed by atoms with Crippen LogP contribution in [0.2, 0.25) is 0 Å². The normalized spacial score (nSPS) is 29.8. The van der Waals surface area contributed by atoms with Gasteiger partial charge in [0.05, 0.1) is 13.3 Å². The fraction of sp³-hybridized carbons (Fsp3) is 0.455. The van der Waals surface area contributed by atoms with E-state index in [4.69, 9.17) is 5.73 Å². The minimum Gasteiger partial charge on any atom is -0.392 e. The Kier molecular flexibility index (Phi) is 4.62. The van der Waals surface area contributed by atoms with Crippen LogP contribution in [-0.2, 0) is 16.9 Å². The topological polar surface area (TPSA) is 78.9 Å². The molecule has 1 heterocycles. The van der Waals surface area contributed by atoms with E-state index in [1.165, 1.54) is 10.5 Å². The van der Waals surface area contributed by atoms with E-state index in [0.29, 0.717) is 5.92 Å². The molecule has 0 aromatic heterocycles. The molecule has 1 amide bonds. The van der Waals surface area contributed by atoms with Gasteiger partial charge in [0.1, 0.15) is 0 Å². The summed E-state index contributed by atoms with van der Waals surface area (Å²) in [6.07, 6.45) is 5.73. The number of alkyl halides is 1. The lowest BCUT2D eigenvalue weighted by atomic mass is 9.76. The predicted molar refractivity (Wildman–Crippen MR) is 106 cm³/mol. The molecule has 3 aliphatic rings. The van der Waals surface area contributed by atoms with E-state index in [9.17, 15) is 14.3 Å². The second-order valence-electron chi connectivity index (χ2n) is 8.18. The van der Waals surface area contributed by atoms with E-state index in [2.05, 4.69) is 4.99 Å². The SMILES string of the molecule is C[C@@H](CF)CC1=CC=C(C2(c3cccc(CO)c3)N=C(N)N(C)C2=O)C2CC12. The molecule has 3 N–H and O–H groups in total. The molecule has 0 spiro atoms. The molecule has 1 saturated carbocycles. The summed E-state index contributed by atoms with van der Waals surface area (Å²) in [6, 6.07) is 7.35. The number of benzene rings is 1. The van der Waals surface area contributed by atoms with Crippen molar-refractivity contribution in [3.63, 3.8) is 0 Å². The van der Waals surface area contributed by atoms with Crippen molar-refractivity contribution in [1.82, 2.24) is 4.90 Å². The number of rotatable bonds is 6. The summed E-state index contributed by atoms with van der Waals surface area (Å²) in [5.74, 6) is 0.591. The summed E-state index contributed by atoms with van der Waals surface area (Å²) < 4.78 is 13.0. The van der Waals surface area contributed by atoms with Crippen molar-refractivity contribution in [2.24, 2.45) is 28.5 Å². The number of guanidine groups is 1. The van der Waals surface area contributed by atoms with Crippen molar-refractivity contribution >= 4 is 11.9 Å². The van der Waals surface area contributed by atoms with Crippen molar-refractivity contribution in [1.29, 1.82) is 0 Å². The average molecular weight is 383 g/mol. The van der Waals surface area contributed by atoms with Crippen LogP contribution in [0, 0.1) is 17.8 Å². The number of allylic oxidation sites excluding steroid dienone is 3. The van der Waals surface area contributed by atoms with E-state index < -0.39 is 5.54 Å². The molecule has 1 aromatic carbocycles. The first kappa shape index (κ1) is 18.9. The zero-order valence-electron chi connectivity index (χ0n) is 16.2. The molecule has 148 valence electrons. The zero-order valence-corrected chi connectivity index (χ0v) is 16.2. The molecule has 0 saturated heterocycles. The second-order valence-corrected chi connectivity index (χ2v) is 8.18. The third-order valence-electron chi connectivity index (χ3n) is 6.18. The van der Waals surface area contributed by atoms with Crippen molar-refractivity contribution in [3.05, 3.63) is 58.7 Å². The van der Waals surface area contributed by atoms with Crippen LogP contribution in [0.15, 0.2) is 52.6 Å². The van der Waals surface area contributed by atoms with Gasteiger partial charge < -0.3 is 10.8 Å². The summed E-state index contributed by atoms with van der Waals surface area (Å²) in [4.78, 5) is 19.4. The molecular weight excluding hydrogens is 357 g/mol. The Morgan fingerprint density at radius 3 is 2.82 bits per heavy atom. The first-order chi connectivity index (χ1) is 13.4. The maximum atomic E-state index is 13.4. The van der Waals surface area contributed by atoms with Crippen molar-refractivity contribution < 1.29 is 14.3 Å². The summed E-state index contributed by atoms with van der Waals surface area (Å²) in [7, 11) is 1.64. The molecule has 2 aliphatic carbocycles. The van der Waals surface area contributed by atoms with Gasteiger partial charge in [0.2, 0.25) is 0 Å². The number of nitrogens with zero attached hydrogens (tertiary/aromatic N) is 2. The Morgan fingerprint density at radius 1 is 1.39 bits per heavy atom. The number of likely N-dealkylation sites (N-methyl/N-ethyl adjacent to an activating group) is 1. The molecule has 0 radical (unpaired) electrons. The number of halogens is 1. The molecule has 4 rings (SSSR count). The smallest absolute Gasteiger partial charge is 0.266 e. The largest absolute Gasteiger partial charge is 0.392 e. The van der Waals surface area contributed by atoms with Crippen molar-refractivity contribution in [2.45, 2.75) is 31.9 Å². The number of aliphatic hydroxyl groups is 1. The fourth-order valence-electron chi connectivity index (χ4n) is 4.54. The van der Waals surface area contributed by atoms with Crippen LogP contribution in [0.25, 0.3) is 0 Å². The van der Waals surface area contributed by atoms with E-state index >= 15 is 0 Å². The highest BCUT2D eigenvalue weighted by atomic mass is 19.1. The molecular formula is C22H26FN3O2. The van der Waals surface area contributed by atoms with Crippen LogP contribution >= 0.6 is 0 Å². The maximum Gasteiger partial charge on any atom is 0.266 e. The Bertz CT molecular complexity index is 907. The Balaban J connectivity index is 1.82. The number of hydrogen-bond acceptors (Lipinski definition) is 4. The lowest BCUT2D eigenvalue weighted by Gasteiger charge is -2.31. The van der Waals surface area contributed by atoms with Gasteiger partial charge in [0.15, 0.2) is 11.5 Å². The van der Waals surface area contributed by atoms with Crippen LogP contribution in [0.3, 0.4) is 0 Å². The highest BCUT2D eigenvalue weighted by molar-refractivity contribution is 6.09. The van der Waals surface area contributed by atoms with Crippen molar-refractivity contribution in [3.8, 4) is 0 Å². The summed E-state index contributed by atoms with van der Waals surface area (Å²) in [6.45, 7) is 1.48. The van der Waals surface area contributed by atoms with Crippen LogP contribution in [-0.4, -0.2) is 35.6 Å². The molecule has 1 fully saturated rings. The fourth-order valence-corrected chi connectivity index (χ4v) is 4.54. The number of hydrogen-bond donors (Lipinski definition) is 2. The lowest BCUT2D eigenvalue weighted by Crippen LogP contribution is -2.42.